The number of rotatable bonds is 4. The first-order valence-electron chi connectivity index (χ1n) is 8.55. The maximum absolute atomic E-state index is 12.9. The van der Waals surface area contributed by atoms with Crippen molar-refractivity contribution in [2.75, 3.05) is 39.9 Å². The topological polar surface area (TPSA) is 75.9 Å². The van der Waals surface area contributed by atoms with E-state index in [0.717, 1.165) is 25.7 Å². The summed E-state index contributed by atoms with van der Waals surface area (Å²) >= 11 is 0. The van der Waals surface area contributed by atoms with Crippen molar-refractivity contribution in [2.24, 2.45) is 5.41 Å². The molecule has 0 aromatic carbocycles. The van der Waals surface area contributed by atoms with Gasteiger partial charge in [0.1, 0.15) is 5.76 Å². The lowest BCUT2D eigenvalue weighted by molar-refractivity contribution is -0.152. The molecule has 132 valence electrons. The maximum atomic E-state index is 12.9. The van der Waals surface area contributed by atoms with Crippen LogP contribution in [-0.4, -0.2) is 66.5 Å². The average Bonchev–Trinajstić information content (AvgIpc) is 2.82. The zero-order chi connectivity index (χ0) is 17.2. The van der Waals surface area contributed by atoms with Gasteiger partial charge in [0.05, 0.1) is 12.0 Å². The fourth-order valence-corrected chi connectivity index (χ4v) is 3.62. The lowest BCUT2D eigenvalue weighted by Crippen LogP contribution is -2.51. The van der Waals surface area contributed by atoms with E-state index in [1.165, 1.54) is 6.39 Å². The second-order valence-electron chi connectivity index (χ2n) is 6.76. The average molecular weight is 335 g/mol. The largest absolute Gasteiger partial charge is 0.448 e. The Labute approximate surface area is 141 Å². The second kappa shape index (κ2) is 6.93. The first kappa shape index (κ1) is 17.0. The Morgan fingerprint density at radius 1 is 1.21 bits per heavy atom. The minimum Gasteiger partial charge on any atom is -0.448 e. The smallest absolute Gasteiger partial charge is 0.276 e. The normalized spacial score (nSPS) is 20.4. The van der Waals surface area contributed by atoms with Crippen LogP contribution in [0.5, 0.6) is 0 Å². The Morgan fingerprint density at radius 2 is 1.92 bits per heavy atom. The number of oxazole rings is 1. The van der Waals surface area contributed by atoms with E-state index in [4.69, 9.17) is 9.15 Å². The molecule has 1 aromatic rings. The molecular formula is C17H25N3O4. The van der Waals surface area contributed by atoms with Crippen LogP contribution in [0, 0.1) is 12.3 Å². The van der Waals surface area contributed by atoms with Gasteiger partial charge in [-0.2, -0.15) is 0 Å². The molecule has 24 heavy (non-hydrogen) atoms. The van der Waals surface area contributed by atoms with E-state index in [-0.39, 0.29) is 17.2 Å². The minimum atomic E-state index is -0.337. The van der Waals surface area contributed by atoms with Crippen LogP contribution in [0.3, 0.4) is 0 Å². The molecule has 1 saturated carbocycles. The predicted octanol–water partition coefficient (Wildman–Crippen LogP) is 1.47. The molecule has 2 fully saturated rings. The molecule has 2 heterocycles. The summed E-state index contributed by atoms with van der Waals surface area (Å²) in [5.41, 5.74) is 0.0287. The van der Waals surface area contributed by atoms with Gasteiger partial charge in [0.15, 0.2) is 12.1 Å². The van der Waals surface area contributed by atoms with Crippen LogP contribution in [-0.2, 0) is 9.53 Å². The monoisotopic (exact) mass is 335 g/mol. The van der Waals surface area contributed by atoms with Gasteiger partial charge < -0.3 is 19.0 Å². The van der Waals surface area contributed by atoms with Crippen LogP contribution in [0.25, 0.3) is 0 Å². The van der Waals surface area contributed by atoms with E-state index in [1.54, 1.807) is 18.9 Å². The number of nitrogens with zero attached hydrogens (tertiary/aromatic N) is 3. The third-order valence-electron chi connectivity index (χ3n) is 5.20. The van der Waals surface area contributed by atoms with Gasteiger partial charge in [0.2, 0.25) is 5.91 Å². The Hall–Kier alpha value is -1.89. The van der Waals surface area contributed by atoms with Crippen LogP contribution < -0.4 is 0 Å². The summed E-state index contributed by atoms with van der Waals surface area (Å²) in [4.78, 5) is 33.2. The first-order valence-corrected chi connectivity index (χ1v) is 8.55. The Morgan fingerprint density at radius 3 is 2.50 bits per heavy atom. The fraction of sp³-hybridized carbons (Fsp3) is 0.706. The van der Waals surface area contributed by atoms with Crippen molar-refractivity contribution < 1.29 is 18.7 Å². The zero-order valence-corrected chi connectivity index (χ0v) is 14.4. The van der Waals surface area contributed by atoms with E-state index in [1.807, 2.05) is 4.90 Å². The summed E-state index contributed by atoms with van der Waals surface area (Å²) in [6, 6.07) is 0. The van der Waals surface area contributed by atoms with E-state index < -0.39 is 0 Å². The Balaban J connectivity index is 1.64. The minimum absolute atomic E-state index is 0.120. The quantitative estimate of drug-likeness (QED) is 0.833. The van der Waals surface area contributed by atoms with Gasteiger partial charge in [-0.05, 0) is 26.2 Å². The molecule has 1 saturated heterocycles. The molecule has 0 N–H and O–H groups in total. The van der Waals surface area contributed by atoms with Crippen molar-refractivity contribution in [1.82, 2.24) is 14.8 Å². The molecule has 0 spiro atoms. The first-order chi connectivity index (χ1) is 11.6. The third-order valence-corrected chi connectivity index (χ3v) is 5.20. The summed E-state index contributed by atoms with van der Waals surface area (Å²) in [5, 5.41) is 0. The van der Waals surface area contributed by atoms with Gasteiger partial charge in [-0.3, -0.25) is 9.59 Å². The van der Waals surface area contributed by atoms with Gasteiger partial charge in [-0.1, -0.05) is 6.42 Å². The summed E-state index contributed by atoms with van der Waals surface area (Å²) in [6.45, 7) is 4.63. The van der Waals surface area contributed by atoms with Gasteiger partial charge in [-0.15, -0.1) is 0 Å². The van der Waals surface area contributed by atoms with Gasteiger partial charge >= 0.3 is 0 Å². The molecule has 7 heteroatoms. The molecule has 0 bridgehead atoms. The van der Waals surface area contributed by atoms with Gasteiger partial charge in [0, 0.05) is 33.3 Å². The number of hydrogen-bond acceptors (Lipinski definition) is 5. The Bertz CT molecular complexity index is 609. The standard InChI is InChI=1S/C17H25N3O4/c1-13-14(18-12-24-13)15(21)19-7-4-8-20(10-9-19)16(22)17(11-23-2)5-3-6-17/h12H,3-11H2,1-2H3. The molecule has 7 nitrogen and oxygen atoms in total. The number of aryl methyl sites for hydroxylation is 1. The molecular weight excluding hydrogens is 310 g/mol. The highest BCUT2D eigenvalue weighted by atomic mass is 16.5. The van der Waals surface area contributed by atoms with Crippen LogP contribution >= 0.6 is 0 Å². The zero-order valence-electron chi connectivity index (χ0n) is 14.4. The summed E-state index contributed by atoms with van der Waals surface area (Å²) in [5.74, 6) is 0.596. The number of ether oxygens (including phenoxy) is 1. The number of carbonyl (C=O) groups excluding carboxylic acids is 2. The number of carbonyl (C=O) groups is 2. The molecule has 1 aromatic heterocycles. The van der Waals surface area contributed by atoms with Crippen molar-refractivity contribution >= 4 is 11.8 Å². The number of methoxy groups -OCH3 is 1. The highest BCUT2D eigenvalue weighted by Gasteiger charge is 2.46. The maximum Gasteiger partial charge on any atom is 0.276 e. The van der Waals surface area contributed by atoms with Gasteiger partial charge in [-0.25, -0.2) is 4.98 Å². The van der Waals surface area contributed by atoms with E-state index in [2.05, 4.69) is 4.98 Å². The number of hydrogen-bond donors (Lipinski definition) is 0. The van der Waals surface area contributed by atoms with Gasteiger partial charge in [0.25, 0.3) is 5.91 Å². The predicted molar refractivity (Wildman–Crippen MR) is 86.5 cm³/mol. The van der Waals surface area contributed by atoms with Crippen molar-refractivity contribution in [3.05, 3.63) is 17.8 Å². The van der Waals surface area contributed by atoms with Crippen molar-refractivity contribution in [3.63, 3.8) is 0 Å². The van der Waals surface area contributed by atoms with Crippen molar-refractivity contribution in [1.29, 1.82) is 0 Å². The lowest BCUT2D eigenvalue weighted by Gasteiger charge is -2.42. The van der Waals surface area contributed by atoms with Crippen molar-refractivity contribution in [2.45, 2.75) is 32.6 Å². The summed E-state index contributed by atoms with van der Waals surface area (Å²) in [6.07, 6.45) is 4.95. The molecule has 0 unspecified atom stereocenters. The van der Waals surface area contributed by atoms with Crippen LogP contribution in [0.1, 0.15) is 41.9 Å². The summed E-state index contributed by atoms with van der Waals surface area (Å²) in [7, 11) is 1.65. The lowest BCUT2D eigenvalue weighted by atomic mass is 9.68. The van der Waals surface area contributed by atoms with Crippen molar-refractivity contribution in [3.8, 4) is 0 Å². The summed E-state index contributed by atoms with van der Waals surface area (Å²) < 4.78 is 10.4. The number of aromatic nitrogens is 1. The highest BCUT2D eigenvalue weighted by Crippen LogP contribution is 2.42. The molecule has 2 amide bonds. The van der Waals surface area contributed by atoms with Crippen LogP contribution in [0.15, 0.2) is 10.8 Å². The molecule has 0 atom stereocenters. The van der Waals surface area contributed by atoms with E-state index in [9.17, 15) is 9.59 Å². The van der Waals surface area contributed by atoms with Crippen LogP contribution in [0.4, 0.5) is 0 Å². The van der Waals surface area contributed by atoms with E-state index >= 15 is 0 Å². The Kier molecular flexibility index (Phi) is 4.89. The third kappa shape index (κ3) is 3.05. The fourth-order valence-electron chi connectivity index (χ4n) is 3.62. The molecule has 2 aliphatic rings. The SMILES string of the molecule is COCC1(C(=O)N2CCCN(C(=O)c3ncoc3C)CC2)CCC1. The highest BCUT2D eigenvalue weighted by molar-refractivity contribution is 5.93. The van der Waals surface area contributed by atoms with E-state index in [0.29, 0.717) is 44.2 Å². The molecule has 1 aliphatic heterocycles. The molecule has 1 aliphatic carbocycles. The number of amides is 2. The molecule has 0 radical (unpaired) electrons. The second-order valence-corrected chi connectivity index (χ2v) is 6.76. The molecule has 3 rings (SSSR count). The van der Waals surface area contributed by atoms with Crippen LogP contribution in [0.2, 0.25) is 0 Å².